The minimum absolute atomic E-state index is 0. The highest BCUT2D eigenvalue weighted by molar-refractivity contribution is 5.91. The van der Waals surface area contributed by atoms with Crippen LogP contribution in [0, 0.1) is 0 Å². The van der Waals surface area contributed by atoms with Crippen molar-refractivity contribution in [3.05, 3.63) is 36.7 Å². The monoisotopic (exact) mass is 342 g/mol. The average molecular weight is 343 g/mol. The summed E-state index contributed by atoms with van der Waals surface area (Å²) in [6.45, 7) is 1.02. The molecule has 0 spiro atoms. The van der Waals surface area contributed by atoms with Gasteiger partial charge >= 0.3 is 0 Å². The number of rotatable bonds is 4. The van der Waals surface area contributed by atoms with Crippen molar-refractivity contribution in [2.75, 3.05) is 11.9 Å². The van der Waals surface area contributed by atoms with E-state index >= 15 is 0 Å². The molecule has 120 valence electrons. The van der Waals surface area contributed by atoms with Crippen LogP contribution in [0.25, 0.3) is 11.4 Å². The number of anilines is 1. The van der Waals surface area contributed by atoms with Gasteiger partial charge in [-0.25, -0.2) is 4.98 Å². The number of H-pyrrole nitrogens is 1. The fourth-order valence-corrected chi connectivity index (χ4v) is 2.50. The molecule has 2 heterocycles. The highest BCUT2D eigenvalue weighted by Crippen LogP contribution is 2.18. The van der Waals surface area contributed by atoms with Crippen LogP contribution in [-0.4, -0.2) is 28.5 Å². The Morgan fingerprint density at radius 2 is 2.05 bits per heavy atom. The topological polar surface area (TPSA) is 69.8 Å². The summed E-state index contributed by atoms with van der Waals surface area (Å²) in [5.41, 5.74) is 1.83. The number of carbonyl (C=O) groups is 1. The molecular weight excluding hydrogens is 323 g/mol. The molecule has 1 amide bonds. The smallest absolute Gasteiger partial charge is 0.225 e. The SMILES string of the molecule is Cl.Cl.O=C(CC1CCCN1)Nc1ccc(-c2ncc[nH]2)cc1. The lowest BCUT2D eigenvalue weighted by molar-refractivity contribution is -0.116. The maximum Gasteiger partial charge on any atom is 0.225 e. The Balaban J connectivity index is 0.00000121. The van der Waals surface area contributed by atoms with Gasteiger partial charge in [-0.2, -0.15) is 0 Å². The van der Waals surface area contributed by atoms with Gasteiger partial charge in [0.15, 0.2) is 0 Å². The van der Waals surface area contributed by atoms with Crippen molar-refractivity contribution in [2.45, 2.75) is 25.3 Å². The van der Waals surface area contributed by atoms with Gasteiger partial charge < -0.3 is 15.6 Å². The molecule has 0 saturated carbocycles. The van der Waals surface area contributed by atoms with E-state index in [-0.39, 0.29) is 30.7 Å². The van der Waals surface area contributed by atoms with E-state index in [1.165, 1.54) is 0 Å². The predicted molar refractivity (Wildman–Crippen MR) is 92.8 cm³/mol. The molecule has 1 aromatic heterocycles. The first-order chi connectivity index (χ1) is 9.81. The van der Waals surface area contributed by atoms with E-state index in [4.69, 9.17) is 0 Å². The Labute approximate surface area is 142 Å². The molecule has 1 unspecified atom stereocenters. The first kappa shape index (κ1) is 18.5. The highest BCUT2D eigenvalue weighted by atomic mass is 35.5. The minimum Gasteiger partial charge on any atom is -0.345 e. The Morgan fingerprint density at radius 1 is 1.27 bits per heavy atom. The molecular formula is C15H20Cl2N4O. The number of amides is 1. The molecule has 1 aliphatic rings. The zero-order chi connectivity index (χ0) is 13.8. The largest absolute Gasteiger partial charge is 0.345 e. The van der Waals surface area contributed by atoms with Crippen LogP contribution in [-0.2, 0) is 4.79 Å². The summed E-state index contributed by atoms with van der Waals surface area (Å²) in [5, 5.41) is 6.26. The van der Waals surface area contributed by atoms with Crippen LogP contribution in [0.3, 0.4) is 0 Å². The molecule has 1 atom stereocenters. The Hall–Kier alpha value is -1.56. The van der Waals surface area contributed by atoms with Crippen LogP contribution in [0.2, 0.25) is 0 Å². The molecule has 7 heteroatoms. The highest BCUT2D eigenvalue weighted by Gasteiger charge is 2.17. The first-order valence-electron chi connectivity index (χ1n) is 6.94. The third-order valence-electron chi connectivity index (χ3n) is 3.53. The van der Waals surface area contributed by atoms with Crippen LogP contribution >= 0.6 is 24.8 Å². The molecule has 1 saturated heterocycles. The van der Waals surface area contributed by atoms with Gasteiger partial charge in [-0.05, 0) is 43.7 Å². The maximum absolute atomic E-state index is 11.9. The quantitative estimate of drug-likeness (QED) is 0.799. The Morgan fingerprint density at radius 3 is 2.64 bits per heavy atom. The van der Waals surface area contributed by atoms with E-state index < -0.39 is 0 Å². The number of nitrogens with zero attached hydrogens (tertiary/aromatic N) is 1. The number of hydrogen-bond acceptors (Lipinski definition) is 3. The van der Waals surface area contributed by atoms with E-state index in [1.807, 2.05) is 24.3 Å². The molecule has 3 rings (SSSR count). The van der Waals surface area contributed by atoms with Gasteiger partial charge in [0.2, 0.25) is 5.91 Å². The molecule has 1 aliphatic heterocycles. The zero-order valence-electron chi connectivity index (χ0n) is 12.0. The Kier molecular flexibility index (Phi) is 7.38. The summed E-state index contributed by atoms with van der Waals surface area (Å²) in [7, 11) is 0. The van der Waals surface area contributed by atoms with Gasteiger partial charge in [-0.1, -0.05) is 0 Å². The number of hydrogen-bond donors (Lipinski definition) is 3. The van der Waals surface area contributed by atoms with E-state index in [0.717, 1.165) is 36.5 Å². The summed E-state index contributed by atoms with van der Waals surface area (Å²) in [6.07, 6.45) is 6.31. The molecule has 22 heavy (non-hydrogen) atoms. The van der Waals surface area contributed by atoms with Gasteiger partial charge in [0.25, 0.3) is 0 Å². The Bertz CT molecular complexity index is 566. The summed E-state index contributed by atoms with van der Waals surface area (Å²) >= 11 is 0. The number of aromatic nitrogens is 2. The van der Waals surface area contributed by atoms with Crippen molar-refractivity contribution in [2.24, 2.45) is 0 Å². The number of imidazole rings is 1. The van der Waals surface area contributed by atoms with E-state index in [0.29, 0.717) is 12.5 Å². The number of nitrogens with one attached hydrogen (secondary N) is 3. The van der Waals surface area contributed by atoms with Crippen LogP contribution in [0.15, 0.2) is 36.7 Å². The van der Waals surface area contributed by atoms with Gasteiger partial charge in [0, 0.05) is 36.1 Å². The van der Waals surface area contributed by atoms with Gasteiger partial charge in [0.1, 0.15) is 5.82 Å². The summed E-state index contributed by atoms with van der Waals surface area (Å²) in [4.78, 5) is 19.2. The van der Waals surface area contributed by atoms with Gasteiger partial charge in [-0.3, -0.25) is 4.79 Å². The van der Waals surface area contributed by atoms with Crippen molar-refractivity contribution < 1.29 is 4.79 Å². The third-order valence-corrected chi connectivity index (χ3v) is 3.53. The fourth-order valence-electron chi connectivity index (χ4n) is 2.50. The van der Waals surface area contributed by atoms with Crippen molar-refractivity contribution in [3.8, 4) is 11.4 Å². The molecule has 2 aromatic rings. The van der Waals surface area contributed by atoms with Gasteiger partial charge in [0.05, 0.1) is 0 Å². The second-order valence-corrected chi connectivity index (χ2v) is 5.06. The standard InChI is InChI=1S/C15H18N4O.2ClH/c20-14(10-13-2-1-7-16-13)19-12-5-3-11(4-6-12)15-17-8-9-18-15;;/h3-6,8-9,13,16H,1-2,7,10H2,(H,17,18)(H,19,20);2*1H. The molecule has 1 fully saturated rings. The van der Waals surface area contributed by atoms with Crippen molar-refractivity contribution in [3.63, 3.8) is 0 Å². The maximum atomic E-state index is 11.9. The normalized spacial score (nSPS) is 16.5. The van der Waals surface area contributed by atoms with E-state index in [9.17, 15) is 4.79 Å². The van der Waals surface area contributed by atoms with Crippen LogP contribution < -0.4 is 10.6 Å². The average Bonchev–Trinajstić information content (AvgIpc) is 3.12. The van der Waals surface area contributed by atoms with Crippen LogP contribution in [0.4, 0.5) is 5.69 Å². The lowest BCUT2D eigenvalue weighted by atomic mass is 10.1. The van der Waals surface area contributed by atoms with Crippen LogP contribution in [0.1, 0.15) is 19.3 Å². The predicted octanol–water partition coefficient (Wildman–Crippen LogP) is 3.00. The van der Waals surface area contributed by atoms with Crippen molar-refractivity contribution >= 4 is 36.4 Å². The number of aromatic amines is 1. The molecule has 0 bridgehead atoms. The number of benzene rings is 1. The fraction of sp³-hybridized carbons (Fsp3) is 0.333. The minimum atomic E-state index is 0. The summed E-state index contributed by atoms with van der Waals surface area (Å²) in [5.74, 6) is 0.896. The van der Waals surface area contributed by atoms with Gasteiger partial charge in [-0.15, -0.1) is 24.8 Å². The molecule has 0 aliphatic carbocycles. The zero-order valence-corrected chi connectivity index (χ0v) is 13.7. The summed E-state index contributed by atoms with van der Waals surface area (Å²) < 4.78 is 0. The molecule has 5 nitrogen and oxygen atoms in total. The number of halogens is 2. The number of carbonyl (C=O) groups excluding carboxylic acids is 1. The first-order valence-corrected chi connectivity index (χ1v) is 6.94. The van der Waals surface area contributed by atoms with E-state index in [1.54, 1.807) is 12.4 Å². The molecule has 1 aromatic carbocycles. The second kappa shape index (κ2) is 8.78. The van der Waals surface area contributed by atoms with Crippen molar-refractivity contribution in [1.29, 1.82) is 0 Å². The molecule has 3 N–H and O–H groups in total. The van der Waals surface area contributed by atoms with Crippen LogP contribution in [0.5, 0.6) is 0 Å². The third kappa shape index (κ3) is 4.73. The van der Waals surface area contributed by atoms with Crippen molar-refractivity contribution in [1.82, 2.24) is 15.3 Å². The lowest BCUT2D eigenvalue weighted by Gasteiger charge is -2.10. The second-order valence-electron chi connectivity index (χ2n) is 5.06. The summed E-state index contributed by atoms with van der Waals surface area (Å²) in [6, 6.07) is 8.03. The lowest BCUT2D eigenvalue weighted by Crippen LogP contribution is -2.27. The van der Waals surface area contributed by atoms with E-state index in [2.05, 4.69) is 20.6 Å². The molecule has 0 radical (unpaired) electrons.